The van der Waals surface area contributed by atoms with E-state index < -0.39 is 0 Å². The summed E-state index contributed by atoms with van der Waals surface area (Å²) in [5.74, 6) is 0.816. The zero-order chi connectivity index (χ0) is 14.3. The lowest BCUT2D eigenvalue weighted by Crippen LogP contribution is -2.38. The molecule has 0 unspecified atom stereocenters. The SMILES string of the molecule is Cc1nc2ccc(Br)cn2c1C(=O)N1CCC(C)CC1. The highest BCUT2D eigenvalue weighted by Gasteiger charge is 2.25. The minimum atomic E-state index is 0.0972. The smallest absolute Gasteiger partial charge is 0.272 e. The first-order chi connectivity index (χ1) is 9.56. The van der Waals surface area contributed by atoms with E-state index in [0.29, 0.717) is 5.69 Å². The Morgan fingerprint density at radius 3 is 2.75 bits per heavy atom. The third kappa shape index (κ3) is 2.35. The van der Waals surface area contributed by atoms with Crippen molar-refractivity contribution in [3.8, 4) is 0 Å². The summed E-state index contributed by atoms with van der Waals surface area (Å²) in [6.45, 7) is 5.85. The Kier molecular flexibility index (Phi) is 3.54. The maximum atomic E-state index is 12.8. The Hall–Kier alpha value is -1.36. The van der Waals surface area contributed by atoms with Crippen LogP contribution < -0.4 is 0 Å². The van der Waals surface area contributed by atoms with Crippen LogP contribution in [0.25, 0.3) is 5.65 Å². The number of amides is 1. The third-order valence-electron chi connectivity index (χ3n) is 4.03. The van der Waals surface area contributed by atoms with Crippen LogP contribution in [0.5, 0.6) is 0 Å². The number of imidazole rings is 1. The van der Waals surface area contributed by atoms with Gasteiger partial charge in [-0.1, -0.05) is 6.92 Å². The topological polar surface area (TPSA) is 37.6 Å². The van der Waals surface area contributed by atoms with Gasteiger partial charge in [0.05, 0.1) is 5.69 Å². The number of aryl methyl sites for hydroxylation is 1. The number of aromatic nitrogens is 2. The molecule has 5 heteroatoms. The van der Waals surface area contributed by atoms with Crippen LogP contribution in [-0.2, 0) is 0 Å². The van der Waals surface area contributed by atoms with Crippen LogP contribution in [0.3, 0.4) is 0 Å². The summed E-state index contributed by atoms with van der Waals surface area (Å²) >= 11 is 3.46. The van der Waals surface area contributed by atoms with Crippen molar-refractivity contribution in [2.45, 2.75) is 26.7 Å². The number of nitrogens with zero attached hydrogens (tertiary/aromatic N) is 3. The van der Waals surface area contributed by atoms with Gasteiger partial charge >= 0.3 is 0 Å². The van der Waals surface area contributed by atoms with Crippen LogP contribution in [0.15, 0.2) is 22.8 Å². The summed E-state index contributed by atoms with van der Waals surface area (Å²) in [7, 11) is 0. The van der Waals surface area contributed by atoms with Gasteiger partial charge in [-0.15, -0.1) is 0 Å². The van der Waals surface area contributed by atoms with Crippen LogP contribution in [0.1, 0.15) is 35.9 Å². The summed E-state index contributed by atoms with van der Waals surface area (Å²) in [4.78, 5) is 19.2. The summed E-state index contributed by atoms with van der Waals surface area (Å²) in [6, 6.07) is 3.87. The second-order valence-electron chi connectivity index (χ2n) is 5.60. The fourth-order valence-electron chi connectivity index (χ4n) is 2.76. The zero-order valence-electron chi connectivity index (χ0n) is 11.8. The molecule has 4 nitrogen and oxygen atoms in total. The molecule has 2 aromatic rings. The summed E-state index contributed by atoms with van der Waals surface area (Å²) in [6.07, 6.45) is 4.09. The molecule has 0 aromatic carbocycles. The molecule has 106 valence electrons. The van der Waals surface area contributed by atoms with E-state index in [4.69, 9.17) is 0 Å². The second kappa shape index (κ2) is 5.20. The van der Waals surface area contributed by atoms with Crippen LogP contribution in [0.4, 0.5) is 0 Å². The monoisotopic (exact) mass is 335 g/mol. The van der Waals surface area contributed by atoms with Gasteiger partial charge in [-0.3, -0.25) is 9.20 Å². The highest BCUT2D eigenvalue weighted by molar-refractivity contribution is 9.10. The molecule has 1 aliphatic heterocycles. The first kappa shape index (κ1) is 13.6. The molecule has 1 aliphatic rings. The Labute approximate surface area is 126 Å². The number of rotatable bonds is 1. The molecule has 20 heavy (non-hydrogen) atoms. The quantitative estimate of drug-likeness (QED) is 0.802. The van der Waals surface area contributed by atoms with Gasteiger partial charge in [0, 0.05) is 23.8 Å². The third-order valence-corrected chi connectivity index (χ3v) is 4.50. The molecule has 0 bridgehead atoms. The predicted octanol–water partition coefficient (Wildman–Crippen LogP) is 3.28. The zero-order valence-corrected chi connectivity index (χ0v) is 13.4. The first-order valence-corrected chi connectivity index (χ1v) is 7.79. The summed E-state index contributed by atoms with van der Waals surface area (Å²) in [5, 5.41) is 0. The largest absolute Gasteiger partial charge is 0.337 e. The number of halogens is 1. The van der Waals surface area contributed by atoms with E-state index in [-0.39, 0.29) is 5.91 Å². The molecule has 0 spiro atoms. The fraction of sp³-hybridized carbons (Fsp3) is 0.467. The van der Waals surface area contributed by atoms with E-state index in [1.165, 1.54) is 0 Å². The Bertz CT molecular complexity index is 656. The van der Waals surface area contributed by atoms with Gasteiger partial charge in [-0.05, 0) is 53.7 Å². The summed E-state index contributed by atoms with van der Waals surface area (Å²) in [5.41, 5.74) is 2.31. The van der Waals surface area contributed by atoms with E-state index in [9.17, 15) is 4.79 Å². The minimum Gasteiger partial charge on any atom is -0.337 e. The fourth-order valence-corrected chi connectivity index (χ4v) is 3.09. The van der Waals surface area contributed by atoms with Gasteiger partial charge in [0.15, 0.2) is 0 Å². The van der Waals surface area contributed by atoms with Gasteiger partial charge in [0.2, 0.25) is 0 Å². The van der Waals surface area contributed by atoms with Gasteiger partial charge in [0.1, 0.15) is 11.3 Å². The van der Waals surface area contributed by atoms with Crippen molar-refractivity contribution in [2.24, 2.45) is 5.92 Å². The predicted molar refractivity (Wildman–Crippen MR) is 81.9 cm³/mol. The van der Waals surface area contributed by atoms with Crippen molar-refractivity contribution < 1.29 is 4.79 Å². The molecule has 2 aromatic heterocycles. The van der Waals surface area contributed by atoms with E-state index in [2.05, 4.69) is 27.8 Å². The van der Waals surface area contributed by atoms with Crippen LogP contribution >= 0.6 is 15.9 Å². The van der Waals surface area contributed by atoms with Gasteiger partial charge in [-0.2, -0.15) is 0 Å². The molecule has 3 heterocycles. The average molecular weight is 336 g/mol. The number of carbonyl (C=O) groups is 1. The van der Waals surface area contributed by atoms with E-state index in [1.807, 2.05) is 34.6 Å². The lowest BCUT2D eigenvalue weighted by molar-refractivity contribution is 0.0689. The maximum Gasteiger partial charge on any atom is 0.272 e. The van der Waals surface area contributed by atoms with Gasteiger partial charge in [0.25, 0.3) is 5.91 Å². The molecule has 1 amide bonds. The van der Waals surface area contributed by atoms with Crippen LogP contribution in [0.2, 0.25) is 0 Å². The van der Waals surface area contributed by atoms with Crippen molar-refractivity contribution in [1.29, 1.82) is 0 Å². The van der Waals surface area contributed by atoms with Crippen LogP contribution in [0, 0.1) is 12.8 Å². The number of likely N-dealkylation sites (tertiary alicyclic amines) is 1. The number of piperidine rings is 1. The maximum absolute atomic E-state index is 12.8. The molecular weight excluding hydrogens is 318 g/mol. The number of hydrogen-bond donors (Lipinski definition) is 0. The average Bonchev–Trinajstić information content (AvgIpc) is 2.74. The van der Waals surface area contributed by atoms with Crippen molar-refractivity contribution in [1.82, 2.24) is 14.3 Å². The standard InChI is InChI=1S/C15H18BrN3O/c1-10-5-7-18(8-6-10)15(20)14-11(2)17-13-4-3-12(16)9-19(13)14/h3-4,9-10H,5-8H2,1-2H3. The molecular formula is C15H18BrN3O. The molecule has 0 aliphatic carbocycles. The summed E-state index contributed by atoms with van der Waals surface area (Å²) < 4.78 is 2.84. The second-order valence-corrected chi connectivity index (χ2v) is 6.51. The lowest BCUT2D eigenvalue weighted by Gasteiger charge is -2.30. The van der Waals surface area contributed by atoms with Crippen molar-refractivity contribution >= 4 is 27.5 Å². The Balaban J connectivity index is 1.98. The van der Waals surface area contributed by atoms with Gasteiger partial charge in [-0.25, -0.2) is 4.98 Å². The number of fused-ring (bicyclic) bond motifs is 1. The minimum absolute atomic E-state index is 0.0972. The Morgan fingerprint density at radius 1 is 1.35 bits per heavy atom. The van der Waals surface area contributed by atoms with Crippen LogP contribution in [-0.4, -0.2) is 33.3 Å². The first-order valence-electron chi connectivity index (χ1n) is 7.00. The molecule has 0 atom stereocenters. The molecule has 0 saturated carbocycles. The van der Waals surface area contributed by atoms with E-state index in [1.54, 1.807) is 0 Å². The Morgan fingerprint density at radius 2 is 2.05 bits per heavy atom. The van der Waals surface area contributed by atoms with Crippen molar-refractivity contribution in [3.63, 3.8) is 0 Å². The number of pyridine rings is 1. The molecule has 0 N–H and O–H groups in total. The lowest BCUT2D eigenvalue weighted by atomic mass is 9.99. The highest BCUT2D eigenvalue weighted by Crippen LogP contribution is 2.21. The van der Waals surface area contributed by atoms with Crippen molar-refractivity contribution in [2.75, 3.05) is 13.1 Å². The number of carbonyl (C=O) groups excluding carboxylic acids is 1. The van der Waals surface area contributed by atoms with Gasteiger partial charge < -0.3 is 4.90 Å². The molecule has 0 radical (unpaired) electrons. The normalized spacial score (nSPS) is 16.9. The van der Waals surface area contributed by atoms with E-state index in [0.717, 1.165) is 47.7 Å². The molecule has 1 saturated heterocycles. The highest BCUT2D eigenvalue weighted by atomic mass is 79.9. The molecule has 1 fully saturated rings. The molecule has 3 rings (SSSR count). The number of hydrogen-bond acceptors (Lipinski definition) is 2. The van der Waals surface area contributed by atoms with Crippen molar-refractivity contribution in [3.05, 3.63) is 34.2 Å². The van der Waals surface area contributed by atoms with E-state index >= 15 is 0 Å².